The molecule has 0 bridgehead atoms. The number of hydrogen-bond acceptors (Lipinski definition) is 3. The Bertz CT molecular complexity index is 1100. The molecule has 0 saturated carbocycles. The highest BCUT2D eigenvalue weighted by Gasteiger charge is 2.19. The maximum atomic E-state index is 14.6. The minimum Gasteiger partial charge on any atom is -0.352 e. The number of fused-ring (bicyclic) bond motifs is 1. The molecule has 0 radical (unpaired) electrons. The molecule has 2 amide bonds. The van der Waals surface area contributed by atoms with Crippen molar-refractivity contribution in [3.63, 3.8) is 0 Å². The summed E-state index contributed by atoms with van der Waals surface area (Å²) in [4.78, 5) is 23.4. The van der Waals surface area contributed by atoms with Crippen LogP contribution in [0.4, 0.5) is 10.1 Å². The Morgan fingerprint density at radius 2 is 2.11 bits per heavy atom. The molecule has 0 atom stereocenters. The number of nitrogens with one attached hydrogen (secondary N) is 2. The Morgan fingerprint density at radius 1 is 1.25 bits per heavy atom. The van der Waals surface area contributed by atoms with E-state index in [1.165, 1.54) is 10.8 Å². The molecule has 7 heteroatoms. The van der Waals surface area contributed by atoms with Crippen LogP contribution in [-0.2, 0) is 11.2 Å². The Hall–Kier alpha value is -3.74. The second-order valence-corrected chi connectivity index (χ2v) is 6.40. The molecule has 0 fully saturated rings. The van der Waals surface area contributed by atoms with E-state index in [0.29, 0.717) is 41.0 Å². The van der Waals surface area contributed by atoms with Gasteiger partial charge in [0.15, 0.2) is 0 Å². The van der Waals surface area contributed by atoms with Crippen molar-refractivity contribution in [3.8, 4) is 16.8 Å². The maximum absolute atomic E-state index is 14.6. The fourth-order valence-corrected chi connectivity index (χ4v) is 3.19. The zero-order valence-corrected chi connectivity index (χ0v) is 14.9. The van der Waals surface area contributed by atoms with Crippen molar-refractivity contribution in [2.24, 2.45) is 0 Å². The van der Waals surface area contributed by atoms with Gasteiger partial charge >= 0.3 is 0 Å². The van der Waals surface area contributed by atoms with Crippen molar-refractivity contribution >= 4 is 17.5 Å². The number of aromatic nitrogens is 2. The van der Waals surface area contributed by atoms with E-state index in [0.717, 1.165) is 5.56 Å². The van der Waals surface area contributed by atoms with E-state index in [-0.39, 0.29) is 11.8 Å². The van der Waals surface area contributed by atoms with Crippen molar-refractivity contribution in [1.82, 2.24) is 15.1 Å². The molecule has 6 nitrogen and oxygen atoms in total. The third kappa shape index (κ3) is 3.29. The summed E-state index contributed by atoms with van der Waals surface area (Å²) in [6, 6.07) is 12.2. The largest absolute Gasteiger partial charge is 0.352 e. The van der Waals surface area contributed by atoms with Gasteiger partial charge in [-0.25, -0.2) is 4.68 Å². The standard InChI is InChI=1S/C21H17FN4O2/c1-2-19(27)24-15-4-3-5-16(11-15)26-12-18(20(22)25-26)13-6-7-17-14(10-13)8-9-23-21(17)28/h2-7,10-12H,1,8-9H2,(H,23,28)(H,24,27). The molecule has 140 valence electrons. The van der Waals surface area contributed by atoms with E-state index in [2.05, 4.69) is 22.3 Å². The lowest BCUT2D eigenvalue weighted by Crippen LogP contribution is -2.31. The highest BCUT2D eigenvalue weighted by Crippen LogP contribution is 2.27. The summed E-state index contributed by atoms with van der Waals surface area (Å²) < 4.78 is 16.0. The van der Waals surface area contributed by atoms with Crippen LogP contribution < -0.4 is 10.6 Å². The number of anilines is 1. The third-order valence-electron chi connectivity index (χ3n) is 4.57. The lowest BCUT2D eigenvalue weighted by molar-refractivity contribution is -0.111. The van der Waals surface area contributed by atoms with E-state index in [1.54, 1.807) is 42.6 Å². The molecule has 0 saturated heterocycles. The van der Waals surface area contributed by atoms with Gasteiger partial charge in [-0.15, -0.1) is 5.10 Å². The molecule has 2 N–H and O–H groups in total. The van der Waals surface area contributed by atoms with Crippen molar-refractivity contribution in [3.05, 3.63) is 78.4 Å². The average Bonchev–Trinajstić information content (AvgIpc) is 3.10. The Morgan fingerprint density at radius 3 is 2.93 bits per heavy atom. The van der Waals surface area contributed by atoms with Crippen LogP contribution in [-0.4, -0.2) is 28.1 Å². The predicted octanol–water partition coefficient (Wildman–Crippen LogP) is 3.09. The molecule has 1 aliphatic heterocycles. The summed E-state index contributed by atoms with van der Waals surface area (Å²) >= 11 is 0. The number of benzene rings is 2. The number of carbonyl (C=O) groups excluding carboxylic acids is 2. The van der Waals surface area contributed by atoms with Crippen LogP contribution in [0, 0.1) is 5.95 Å². The van der Waals surface area contributed by atoms with Crippen LogP contribution in [0.5, 0.6) is 0 Å². The second-order valence-electron chi connectivity index (χ2n) is 6.40. The number of nitrogens with zero attached hydrogens (tertiary/aromatic N) is 2. The monoisotopic (exact) mass is 376 g/mol. The summed E-state index contributed by atoms with van der Waals surface area (Å²) in [7, 11) is 0. The van der Waals surface area contributed by atoms with Crippen molar-refractivity contribution in [2.45, 2.75) is 6.42 Å². The molecule has 0 spiro atoms. The smallest absolute Gasteiger partial charge is 0.251 e. The lowest BCUT2D eigenvalue weighted by atomic mass is 9.96. The summed E-state index contributed by atoms with van der Waals surface area (Å²) in [5.41, 5.74) is 3.67. The molecular formula is C21H17FN4O2. The number of halogens is 1. The van der Waals surface area contributed by atoms with Crippen molar-refractivity contribution in [1.29, 1.82) is 0 Å². The minimum absolute atomic E-state index is 0.109. The van der Waals surface area contributed by atoms with Crippen LogP contribution >= 0.6 is 0 Å². The first-order valence-corrected chi connectivity index (χ1v) is 8.75. The lowest BCUT2D eigenvalue weighted by Gasteiger charge is -2.16. The summed E-state index contributed by atoms with van der Waals surface area (Å²) in [5.74, 6) is -1.05. The highest BCUT2D eigenvalue weighted by molar-refractivity contribution is 5.99. The van der Waals surface area contributed by atoms with Gasteiger partial charge in [0, 0.05) is 24.0 Å². The van der Waals surface area contributed by atoms with E-state index in [1.807, 2.05) is 6.07 Å². The fourth-order valence-electron chi connectivity index (χ4n) is 3.19. The van der Waals surface area contributed by atoms with Crippen LogP contribution in [0.1, 0.15) is 15.9 Å². The van der Waals surface area contributed by atoms with Crippen LogP contribution in [0.15, 0.2) is 61.3 Å². The normalized spacial score (nSPS) is 12.8. The molecule has 0 aliphatic carbocycles. The van der Waals surface area contributed by atoms with Gasteiger partial charge in [0.25, 0.3) is 5.91 Å². The van der Waals surface area contributed by atoms with Gasteiger partial charge in [-0.05, 0) is 47.9 Å². The van der Waals surface area contributed by atoms with Crippen LogP contribution in [0.2, 0.25) is 0 Å². The van der Waals surface area contributed by atoms with Gasteiger partial charge < -0.3 is 10.6 Å². The number of amides is 2. The summed E-state index contributed by atoms with van der Waals surface area (Å²) in [6.07, 6.45) is 3.47. The van der Waals surface area contributed by atoms with E-state index in [4.69, 9.17) is 0 Å². The van der Waals surface area contributed by atoms with Gasteiger partial charge in [-0.3, -0.25) is 9.59 Å². The predicted molar refractivity (Wildman–Crippen MR) is 104 cm³/mol. The van der Waals surface area contributed by atoms with Crippen LogP contribution in [0.3, 0.4) is 0 Å². The number of carbonyl (C=O) groups is 2. The number of rotatable bonds is 4. The van der Waals surface area contributed by atoms with Crippen molar-refractivity contribution < 1.29 is 14.0 Å². The Balaban J connectivity index is 1.68. The molecule has 28 heavy (non-hydrogen) atoms. The maximum Gasteiger partial charge on any atom is 0.251 e. The Labute approximate surface area is 160 Å². The minimum atomic E-state index is -0.610. The molecule has 1 aliphatic rings. The molecule has 2 aromatic carbocycles. The topological polar surface area (TPSA) is 76.0 Å². The van der Waals surface area contributed by atoms with Gasteiger partial charge in [-0.2, -0.15) is 4.39 Å². The van der Waals surface area contributed by atoms with Crippen LogP contribution in [0.25, 0.3) is 16.8 Å². The van der Waals surface area contributed by atoms with Gasteiger partial charge in [0.2, 0.25) is 11.9 Å². The molecule has 3 aromatic rings. The zero-order chi connectivity index (χ0) is 19.7. The van der Waals surface area contributed by atoms with Gasteiger partial charge in [0.05, 0.1) is 11.3 Å². The second kappa shape index (κ2) is 7.11. The first-order valence-electron chi connectivity index (χ1n) is 8.75. The summed E-state index contributed by atoms with van der Waals surface area (Å²) in [6.45, 7) is 3.99. The van der Waals surface area contributed by atoms with Gasteiger partial charge in [0.1, 0.15) is 0 Å². The molecular weight excluding hydrogens is 359 g/mol. The van der Waals surface area contributed by atoms with E-state index >= 15 is 0 Å². The number of hydrogen-bond donors (Lipinski definition) is 2. The molecule has 1 aromatic heterocycles. The van der Waals surface area contributed by atoms with E-state index in [9.17, 15) is 14.0 Å². The van der Waals surface area contributed by atoms with E-state index < -0.39 is 5.95 Å². The SMILES string of the molecule is C=CC(=O)Nc1cccc(-n2cc(-c3ccc4c(c3)CCNC4=O)c(F)n2)c1. The highest BCUT2D eigenvalue weighted by atomic mass is 19.1. The Kier molecular flexibility index (Phi) is 4.49. The average molecular weight is 376 g/mol. The summed E-state index contributed by atoms with van der Waals surface area (Å²) in [5, 5.41) is 9.42. The van der Waals surface area contributed by atoms with Crippen molar-refractivity contribution in [2.75, 3.05) is 11.9 Å². The zero-order valence-electron chi connectivity index (χ0n) is 14.9. The third-order valence-corrected chi connectivity index (χ3v) is 4.57. The first-order chi connectivity index (χ1) is 13.5. The molecule has 0 unspecified atom stereocenters. The molecule has 2 heterocycles. The quantitative estimate of drug-likeness (QED) is 0.687. The fraction of sp³-hybridized carbons (Fsp3) is 0.0952. The first kappa shape index (κ1) is 17.7. The molecule has 4 rings (SSSR count). The van der Waals surface area contributed by atoms with Gasteiger partial charge in [-0.1, -0.05) is 24.8 Å².